The first-order chi connectivity index (χ1) is 9.67. The molecule has 118 valence electrons. The molecule has 5 nitrogen and oxygen atoms in total. The van der Waals surface area contributed by atoms with Crippen molar-refractivity contribution in [3.8, 4) is 0 Å². The van der Waals surface area contributed by atoms with Crippen LogP contribution >= 0.6 is 0 Å². The summed E-state index contributed by atoms with van der Waals surface area (Å²) in [6, 6.07) is 0.957. The maximum atomic E-state index is 13.6. The number of carbonyl (C=O) groups is 1. The highest BCUT2D eigenvalue weighted by Crippen LogP contribution is 2.17. The molecule has 0 aliphatic carbocycles. The van der Waals surface area contributed by atoms with E-state index in [0.717, 1.165) is 19.2 Å². The molecule has 1 atom stereocenters. The van der Waals surface area contributed by atoms with Gasteiger partial charge in [0.2, 0.25) is 10.0 Å². The minimum atomic E-state index is -4.30. The Labute approximate surface area is 122 Å². The van der Waals surface area contributed by atoms with E-state index in [1.54, 1.807) is 13.8 Å². The first kappa shape index (κ1) is 17.5. The van der Waals surface area contributed by atoms with Crippen LogP contribution in [0, 0.1) is 17.6 Å². The number of hydrogen-bond acceptors (Lipinski definition) is 4. The van der Waals surface area contributed by atoms with E-state index in [2.05, 4.69) is 9.46 Å². The molecule has 0 amide bonds. The first-order valence-electron chi connectivity index (χ1n) is 6.22. The van der Waals surface area contributed by atoms with E-state index in [-0.39, 0.29) is 12.3 Å². The van der Waals surface area contributed by atoms with Crippen molar-refractivity contribution in [3.05, 3.63) is 29.8 Å². The fourth-order valence-electron chi connectivity index (χ4n) is 1.75. The molecule has 0 aliphatic heterocycles. The molecule has 0 heterocycles. The number of halogens is 2. The molecule has 0 radical (unpaired) electrons. The lowest BCUT2D eigenvalue weighted by atomic mass is 10.1. The van der Waals surface area contributed by atoms with Crippen LogP contribution in [0.5, 0.6) is 0 Å². The van der Waals surface area contributed by atoms with Crippen LogP contribution < -0.4 is 4.72 Å². The number of rotatable bonds is 6. The predicted octanol–water partition coefficient (Wildman–Crippen LogP) is 1.83. The topological polar surface area (TPSA) is 72.5 Å². The fourth-order valence-corrected chi connectivity index (χ4v) is 3.01. The molecule has 1 unspecified atom stereocenters. The lowest BCUT2D eigenvalue weighted by Crippen LogP contribution is -2.42. The van der Waals surface area contributed by atoms with Crippen molar-refractivity contribution in [2.75, 3.05) is 7.11 Å². The maximum absolute atomic E-state index is 13.6. The number of hydrogen-bond donors (Lipinski definition) is 1. The smallest absolute Gasteiger partial charge is 0.323 e. The summed E-state index contributed by atoms with van der Waals surface area (Å²) in [5.41, 5.74) is 0. The SMILES string of the molecule is COC(=O)C(CC(C)C)NS(=O)(=O)c1ccc(F)cc1F. The zero-order chi connectivity index (χ0) is 16.2. The van der Waals surface area contributed by atoms with Gasteiger partial charge in [-0.25, -0.2) is 17.2 Å². The van der Waals surface area contributed by atoms with E-state index >= 15 is 0 Å². The minimum Gasteiger partial charge on any atom is -0.468 e. The van der Waals surface area contributed by atoms with Crippen LogP contribution in [0.3, 0.4) is 0 Å². The number of sulfonamides is 1. The van der Waals surface area contributed by atoms with Crippen molar-refractivity contribution in [2.45, 2.75) is 31.2 Å². The molecule has 0 spiro atoms. The van der Waals surface area contributed by atoms with Crippen LogP contribution in [0.15, 0.2) is 23.1 Å². The second-order valence-corrected chi connectivity index (χ2v) is 6.58. The lowest BCUT2D eigenvalue weighted by Gasteiger charge is -2.18. The Morgan fingerprint density at radius 2 is 1.95 bits per heavy atom. The second kappa shape index (κ2) is 6.95. The largest absolute Gasteiger partial charge is 0.468 e. The van der Waals surface area contributed by atoms with Crippen LogP contribution in [0.25, 0.3) is 0 Å². The summed E-state index contributed by atoms with van der Waals surface area (Å²) >= 11 is 0. The average molecular weight is 321 g/mol. The standard InChI is InChI=1S/C13H17F2NO4S/c1-8(2)6-11(13(17)20-3)16-21(18,19)12-5-4-9(14)7-10(12)15/h4-5,7-8,11,16H,6H2,1-3H3. The summed E-state index contributed by atoms with van der Waals surface area (Å²) < 4.78 is 57.2. The summed E-state index contributed by atoms with van der Waals surface area (Å²) in [6.07, 6.45) is 0.189. The summed E-state index contributed by atoms with van der Waals surface area (Å²) in [7, 11) is -3.17. The Bertz CT molecular complexity index is 617. The van der Waals surface area contributed by atoms with Gasteiger partial charge in [-0.3, -0.25) is 4.79 Å². The van der Waals surface area contributed by atoms with Gasteiger partial charge < -0.3 is 4.74 Å². The molecule has 0 aliphatic rings. The van der Waals surface area contributed by atoms with Crippen molar-refractivity contribution in [3.63, 3.8) is 0 Å². The van der Waals surface area contributed by atoms with Gasteiger partial charge in [-0.2, -0.15) is 4.72 Å². The van der Waals surface area contributed by atoms with Crippen molar-refractivity contribution < 1.29 is 26.7 Å². The van der Waals surface area contributed by atoms with E-state index in [1.807, 2.05) is 0 Å². The molecule has 1 aromatic rings. The van der Waals surface area contributed by atoms with Crippen molar-refractivity contribution in [1.29, 1.82) is 0 Å². The Morgan fingerprint density at radius 1 is 1.33 bits per heavy atom. The van der Waals surface area contributed by atoms with Gasteiger partial charge in [-0.05, 0) is 24.5 Å². The number of nitrogens with one attached hydrogen (secondary N) is 1. The third-order valence-corrected chi connectivity index (χ3v) is 4.18. The molecular weight excluding hydrogens is 304 g/mol. The molecule has 0 saturated heterocycles. The molecule has 0 aromatic heterocycles. The third-order valence-electron chi connectivity index (χ3n) is 2.67. The quantitative estimate of drug-likeness (QED) is 0.811. The van der Waals surface area contributed by atoms with Gasteiger partial charge in [0.25, 0.3) is 0 Å². The van der Waals surface area contributed by atoms with Gasteiger partial charge in [0.05, 0.1) is 7.11 Å². The average Bonchev–Trinajstić information content (AvgIpc) is 2.35. The summed E-state index contributed by atoms with van der Waals surface area (Å²) in [6.45, 7) is 3.59. The van der Waals surface area contributed by atoms with Crippen LogP contribution in [0.4, 0.5) is 8.78 Å². The van der Waals surface area contributed by atoms with Crippen LogP contribution in [0.2, 0.25) is 0 Å². The van der Waals surface area contributed by atoms with E-state index in [0.29, 0.717) is 6.07 Å². The Hall–Kier alpha value is -1.54. The highest BCUT2D eigenvalue weighted by Gasteiger charge is 2.29. The van der Waals surface area contributed by atoms with Gasteiger partial charge in [-0.15, -0.1) is 0 Å². The summed E-state index contributed by atoms with van der Waals surface area (Å²) in [5, 5.41) is 0. The molecule has 1 rings (SSSR count). The highest BCUT2D eigenvalue weighted by molar-refractivity contribution is 7.89. The molecule has 0 bridgehead atoms. The van der Waals surface area contributed by atoms with Crippen molar-refractivity contribution in [2.24, 2.45) is 5.92 Å². The molecule has 8 heteroatoms. The zero-order valence-electron chi connectivity index (χ0n) is 11.9. The van der Waals surface area contributed by atoms with Crippen molar-refractivity contribution in [1.82, 2.24) is 4.72 Å². The van der Waals surface area contributed by atoms with Gasteiger partial charge in [0.15, 0.2) is 0 Å². The molecule has 0 fully saturated rings. The van der Waals surface area contributed by atoms with Gasteiger partial charge in [0, 0.05) is 6.07 Å². The third kappa shape index (κ3) is 4.75. The van der Waals surface area contributed by atoms with Gasteiger partial charge >= 0.3 is 5.97 Å². The first-order valence-corrected chi connectivity index (χ1v) is 7.71. The van der Waals surface area contributed by atoms with E-state index < -0.39 is 38.6 Å². The number of esters is 1. The fraction of sp³-hybridized carbons (Fsp3) is 0.462. The van der Waals surface area contributed by atoms with E-state index in [1.165, 1.54) is 0 Å². The number of carbonyl (C=O) groups excluding carboxylic acids is 1. The van der Waals surface area contributed by atoms with Crippen LogP contribution in [-0.4, -0.2) is 27.5 Å². The van der Waals surface area contributed by atoms with Gasteiger partial charge in [0.1, 0.15) is 22.6 Å². The molecule has 21 heavy (non-hydrogen) atoms. The number of benzene rings is 1. The minimum absolute atomic E-state index is 0.00913. The molecular formula is C13H17F2NO4S. The number of ether oxygens (including phenoxy) is 1. The van der Waals surface area contributed by atoms with Crippen LogP contribution in [-0.2, 0) is 19.6 Å². The monoisotopic (exact) mass is 321 g/mol. The van der Waals surface area contributed by atoms with Crippen LogP contribution in [0.1, 0.15) is 20.3 Å². The Morgan fingerprint density at radius 3 is 2.43 bits per heavy atom. The molecule has 0 saturated carbocycles. The Kier molecular flexibility index (Phi) is 5.79. The van der Waals surface area contributed by atoms with E-state index in [4.69, 9.17) is 0 Å². The van der Waals surface area contributed by atoms with Gasteiger partial charge in [-0.1, -0.05) is 13.8 Å². The highest BCUT2D eigenvalue weighted by atomic mass is 32.2. The van der Waals surface area contributed by atoms with Crippen molar-refractivity contribution >= 4 is 16.0 Å². The summed E-state index contributed by atoms with van der Waals surface area (Å²) in [4.78, 5) is 10.9. The maximum Gasteiger partial charge on any atom is 0.323 e. The Balaban J connectivity index is 3.08. The number of methoxy groups -OCH3 is 1. The lowest BCUT2D eigenvalue weighted by molar-refractivity contribution is -0.143. The van der Waals surface area contributed by atoms with E-state index in [9.17, 15) is 22.0 Å². The predicted molar refractivity (Wildman–Crippen MR) is 71.9 cm³/mol. The second-order valence-electron chi connectivity index (χ2n) is 4.90. The summed E-state index contributed by atoms with van der Waals surface area (Å²) in [5.74, 6) is -2.88. The molecule has 1 aromatic carbocycles. The zero-order valence-corrected chi connectivity index (χ0v) is 12.7. The normalized spacial score (nSPS) is 13.2. The molecule has 1 N–H and O–H groups in total.